The molecule has 0 fully saturated rings. The largest absolute Gasteiger partial charge is 0.494 e. The summed E-state index contributed by atoms with van der Waals surface area (Å²) in [5.74, 6) is -0.000209. The Hall–Kier alpha value is -3.62. The van der Waals surface area contributed by atoms with E-state index in [0.717, 1.165) is 0 Å². The van der Waals surface area contributed by atoms with Crippen molar-refractivity contribution in [2.75, 3.05) is 24.4 Å². The topological polar surface area (TPSA) is 120 Å². The van der Waals surface area contributed by atoms with Crippen LogP contribution in [0.1, 0.15) is 13.8 Å². The molecule has 0 saturated heterocycles. The summed E-state index contributed by atoms with van der Waals surface area (Å²) in [5.41, 5.74) is 0.909. The molecule has 9 nitrogen and oxygen atoms in total. The minimum absolute atomic E-state index is 0.0615. The standard InChI is InChI=1S/C19H21N3O6/c1-12(2)19(24)21-16-9-4-13(10-17(16)27-3)20-18(23)11-28-15-7-5-14(6-8-15)22(25)26/h4-10,12H,11H2,1-3H3,(H,20,23)(H,21,24). The number of amides is 2. The van der Waals surface area contributed by atoms with E-state index in [2.05, 4.69) is 10.6 Å². The average molecular weight is 387 g/mol. The normalized spacial score (nSPS) is 10.3. The zero-order chi connectivity index (χ0) is 20.7. The number of non-ortho nitro benzene ring substituents is 1. The number of ether oxygens (including phenoxy) is 2. The molecule has 0 heterocycles. The zero-order valence-corrected chi connectivity index (χ0v) is 15.7. The second kappa shape index (κ2) is 9.36. The third-order valence-electron chi connectivity index (χ3n) is 3.68. The Morgan fingerprint density at radius 2 is 1.79 bits per heavy atom. The van der Waals surface area contributed by atoms with Crippen LogP contribution in [-0.2, 0) is 9.59 Å². The molecule has 28 heavy (non-hydrogen) atoms. The van der Waals surface area contributed by atoms with Crippen LogP contribution in [0.2, 0.25) is 0 Å². The quantitative estimate of drug-likeness (QED) is 0.530. The fourth-order valence-corrected chi connectivity index (χ4v) is 2.16. The molecule has 9 heteroatoms. The summed E-state index contributed by atoms with van der Waals surface area (Å²) in [7, 11) is 1.46. The lowest BCUT2D eigenvalue weighted by Gasteiger charge is -2.14. The Morgan fingerprint density at radius 3 is 2.36 bits per heavy atom. The van der Waals surface area contributed by atoms with E-state index >= 15 is 0 Å². The van der Waals surface area contributed by atoms with Crippen molar-refractivity contribution < 1.29 is 24.0 Å². The number of carbonyl (C=O) groups is 2. The van der Waals surface area contributed by atoms with E-state index in [-0.39, 0.29) is 24.1 Å². The Morgan fingerprint density at radius 1 is 1.11 bits per heavy atom. The number of nitrogens with zero attached hydrogens (tertiary/aromatic N) is 1. The van der Waals surface area contributed by atoms with Gasteiger partial charge in [-0.2, -0.15) is 0 Å². The van der Waals surface area contributed by atoms with Crippen molar-refractivity contribution in [2.45, 2.75) is 13.8 Å². The van der Waals surface area contributed by atoms with Gasteiger partial charge in [0.1, 0.15) is 11.5 Å². The van der Waals surface area contributed by atoms with Crippen molar-refractivity contribution in [3.05, 3.63) is 52.6 Å². The number of hydrogen-bond acceptors (Lipinski definition) is 6. The summed E-state index contributed by atoms with van der Waals surface area (Å²) >= 11 is 0. The molecule has 0 unspecified atom stereocenters. The van der Waals surface area contributed by atoms with Crippen LogP contribution in [0.4, 0.5) is 17.1 Å². The predicted octanol–water partition coefficient (Wildman–Crippen LogP) is 3.22. The molecule has 0 spiro atoms. The zero-order valence-electron chi connectivity index (χ0n) is 15.7. The molecule has 0 aliphatic carbocycles. The molecule has 0 atom stereocenters. The Kier molecular flexibility index (Phi) is 6.91. The lowest BCUT2D eigenvalue weighted by atomic mass is 10.2. The van der Waals surface area contributed by atoms with Gasteiger partial charge >= 0.3 is 0 Å². The molecule has 0 saturated carbocycles. The Labute approximate surface area is 161 Å². The summed E-state index contributed by atoms with van der Waals surface area (Å²) in [6, 6.07) is 10.3. The molecule has 2 aromatic rings. The van der Waals surface area contributed by atoms with E-state index in [0.29, 0.717) is 22.9 Å². The molecular formula is C19H21N3O6. The van der Waals surface area contributed by atoms with E-state index < -0.39 is 10.8 Å². The SMILES string of the molecule is COc1cc(NC(=O)COc2ccc([N+](=O)[O-])cc2)ccc1NC(=O)C(C)C. The number of nitro groups is 1. The van der Waals surface area contributed by atoms with Gasteiger partial charge in [0.05, 0.1) is 17.7 Å². The lowest BCUT2D eigenvalue weighted by Crippen LogP contribution is -2.20. The molecule has 2 amide bonds. The third kappa shape index (κ3) is 5.70. The first-order valence-corrected chi connectivity index (χ1v) is 8.46. The predicted molar refractivity (Wildman–Crippen MR) is 104 cm³/mol. The highest BCUT2D eigenvalue weighted by molar-refractivity contribution is 5.95. The number of hydrogen-bond donors (Lipinski definition) is 2. The van der Waals surface area contributed by atoms with Gasteiger partial charge in [-0.05, 0) is 24.3 Å². The van der Waals surface area contributed by atoms with Gasteiger partial charge in [0.25, 0.3) is 11.6 Å². The van der Waals surface area contributed by atoms with Gasteiger partial charge in [0.2, 0.25) is 5.91 Å². The van der Waals surface area contributed by atoms with Crippen molar-refractivity contribution in [1.82, 2.24) is 0 Å². The number of anilines is 2. The van der Waals surface area contributed by atoms with Gasteiger partial charge < -0.3 is 20.1 Å². The highest BCUT2D eigenvalue weighted by atomic mass is 16.6. The van der Waals surface area contributed by atoms with Gasteiger partial charge in [-0.3, -0.25) is 19.7 Å². The van der Waals surface area contributed by atoms with E-state index in [4.69, 9.17) is 9.47 Å². The fraction of sp³-hybridized carbons (Fsp3) is 0.263. The second-order valence-corrected chi connectivity index (χ2v) is 6.15. The maximum Gasteiger partial charge on any atom is 0.269 e. The number of rotatable bonds is 8. The van der Waals surface area contributed by atoms with Crippen LogP contribution in [-0.4, -0.2) is 30.5 Å². The summed E-state index contributed by atoms with van der Waals surface area (Å²) in [6.45, 7) is 3.29. The van der Waals surface area contributed by atoms with Crippen LogP contribution < -0.4 is 20.1 Å². The van der Waals surface area contributed by atoms with E-state index in [1.165, 1.54) is 31.4 Å². The van der Waals surface area contributed by atoms with Gasteiger partial charge in [-0.15, -0.1) is 0 Å². The average Bonchev–Trinajstić information content (AvgIpc) is 2.67. The molecule has 0 aromatic heterocycles. The number of carbonyl (C=O) groups excluding carboxylic acids is 2. The highest BCUT2D eigenvalue weighted by Crippen LogP contribution is 2.28. The van der Waals surface area contributed by atoms with Crippen molar-refractivity contribution in [3.8, 4) is 11.5 Å². The van der Waals surface area contributed by atoms with Crippen LogP contribution in [0.15, 0.2) is 42.5 Å². The van der Waals surface area contributed by atoms with Crippen LogP contribution in [0.5, 0.6) is 11.5 Å². The molecule has 2 aromatic carbocycles. The van der Waals surface area contributed by atoms with Crippen molar-refractivity contribution in [1.29, 1.82) is 0 Å². The van der Waals surface area contributed by atoms with Gasteiger partial charge in [0.15, 0.2) is 6.61 Å². The lowest BCUT2D eigenvalue weighted by molar-refractivity contribution is -0.384. The van der Waals surface area contributed by atoms with Crippen molar-refractivity contribution in [3.63, 3.8) is 0 Å². The van der Waals surface area contributed by atoms with Crippen molar-refractivity contribution >= 4 is 28.9 Å². The summed E-state index contributed by atoms with van der Waals surface area (Å²) in [4.78, 5) is 34.0. The highest BCUT2D eigenvalue weighted by Gasteiger charge is 2.13. The molecule has 148 valence electrons. The first kappa shape index (κ1) is 20.7. The second-order valence-electron chi connectivity index (χ2n) is 6.15. The minimum atomic E-state index is -0.517. The smallest absolute Gasteiger partial charge is 0.269 e. The van der Waals surface area contributed by atoms with Crippen LogP contribution in [0.25, 0.3) is 0 Å². The minimum Gasteiger partial charge on any atom is -0.494 e. The van der Waals surface area contributed by atoms with Gasteiger partial charge in [-0.25, -0.2) is 0 Å². The van der Waals surface area contributed by atoms with E-state index in [1.807, 2.05) is 0 Å². The molecule has 2 N–H and O–H groups in total. The molecule has 0 radical (unpaired) electrons. The molecule has 2 rings (SSSR count). The third-order valence-corrected chi connectivity index (χ3v) is 3.68. The van der Waals surface area contributed by atoms with Crippen molar-refractivity contribution in [2.24, 2.45) is 5.92 Å². The number of benzene rings is 2. The number of nitrogens with one attached hydrogen (secondary N) is 2. The maximum atomic E-state index is 12.1. The molecular weight excluding hydrogens is 366 g/mol. The Bertz CT molecular complexity index is 864. The van der Waals surface area contributed by atoms with Crippen LogP contribution >= 0.6 is 0 Å². The first-order valence-electron chi connectivity index (χ1n) is 8.46. The molecule has 0 aliphatic rings. The Balaban J connectivity index is 1.95. The monoisotopic (exact) mass is 387 g/mol. The number of nitro benzene ring substituents is 1. The maximum absolute atomic E-state index is 12.1. The van der Waals surface area contributed by atoms with Crippen LogP contribution in [0.3, 0.4) is 0 Å². The van der Waals surface area contributed by atoms with Crippen LogP contribution in [0, 0.1) is 16.0 Å². The summed E-state index contributed by atoms with van der Waals surface area (Å²) in [6.07, 6.45) is 0. The summed E-state index contributed by atoms with van der Waals surface area (Å²) < 4.78 is 10.6. The summed E-state index contributed by atoms with van der Waals surface area (Å²) in [5, 5.41) is 16.0. The molecule has 0 aliphatic heterocycles. The first-order chi connectivity index (χ1) is 13.3. The fourth-order valence-electron chi connectivity index (χ4n) is 2.16. The van der Waals surface area contributed by atoms with E-state index in [1.54, 1.807) is 32.0 Å². The van der Waals surface area contributed by atoms with Gasteiger partial charge in [0, 0.05) is 29.8 Å². The van der Waals surface area contributed by atoms with Gasteiger partial charge in [-0.1, -0.05) is 13.8 Å². The molecule has 0 bridgehead atoms. The number of methoxy groups -OCH3 is 1. The van der Waals surface area contributed by atoms with E-state index in [9.17, 15) is 19.7 Å².